The predicted molar refractivity (Wildman–Crippen MR) is 80.5 cm³/mol. The van der Waals surface area contributed by atoms with E-state index < -0.39 is 15.9 Å². The second kappa shape index (κ2) is 6.86. The third-order valence-electron chi connectivity index (χ3n) is 2.39. The van der Waals surface area contributed by atoms with Crippen LogP contribution in [0.1, 0.15) is 16.6 Å². The summed E-state index contributed by atoms with van der Waals surface area (Å²) >= 11 is 1.14. The van der Waals surface area contributed by atoms with E-state index in [-0.39, 0.29) is 23.0 Å². The largest absolute Gasteiger partial charge is 0.382 e. The summed E-state index contributed by atoms with van der Waals surface area (Å²) in [4.78, 5) is 16.2. The van der Waals surface area contributed by atoms with E-state index in [4.69, 9.17) is 5.73 Å². The Morgan fingerprint density at radius 2 is 2.10 bits per heavy atom. The van der Waals surface area contributed by atoms with Gasteiger partial charge in [0.15, 0.2) is 5.13 Å². The van der Waals surface area contributed by atoms with E-state index >= 15 is 0 Å². The molecule has 1 rings (SSSR count). The van der Waals surface area contributed by atoms with Gasteiger partial charge in [0.1, 0.15) is 10.7 Å². The van der Waals surface area contributed by atoms with Crippen molar-refractivity contribution in [3.05, 3.63) is 4.88 Å². The van der Waals surface area contributed by atoms with Crippen molar-refractivity contribution in [2.45, 2.75) is 6.92 Å². The minimum Gasteiger partial charge on any atom is -0.382 e. The average Bonchev–Trinajstić information content (AvgIpc) is 2.70. The van der Waals surface area contributed by atoms with Crippen LogP contribution in [0.3, 0.4) is 0 Å². The highest BCUT2D eigenvalue weighted by molar-refractivity contribution is 7.89. The molecule has 0 atom stereocenters. The maximum Gasteiger partial charge on any atom is 0.265 e. The summed E-state index contributed by atoms with van der Waals surface area (Å²) in [6.45, 7) is 2.60. The molecule has 1 amide bonds. The Morgan fingerprint density at radius 3 is 2.65 bits per heavy atom. The Kier molecular flexibility index (Phi) is 5.72. The topological polar surface area (TPSA) is 117 Å². The molecule has 0 unspecified atom stereocenters. The van der Waals surface area contributed by atoms with Crippen LogP contribution >= 0.6 is 11.3 Å². The highest BCUT2D eigenvalue weighted by Gasteiger charge is 2.18. The lowest BCUT2D eigenvalue weighted by atomic mass is 10.4. The van der Waals surface area contributed by atoms with Gasteiger partial charge in [-0.3, -0.25) is 4.79 Å². The molecule has 20 heavy (non-hydrogen) atoms. The fourth-order valence-corrected chi connectivity index (χ4v) is 2.87. The summed E-state index contributed by atoms with van der Waals surface area (Å²) in [5, 5.41) is 6.05. The van der Waals surface area contributed by atoms with Crippen LogP contribution in [-0.4, -0.2) is 56.6 Å². The van der Waals surface area contributed by atoms with E-state index in [1.807, 2.05) is 6.92 Å². The van der Waals surface area contributed by atoms with Crippen molar-refractivity contribution in [3.63, 3.8) is 0 Å². The molecular formula is C10H19N5O3S2. The third kappa shape index (κ3) is 4.32. The Labute approximate surface area is 122 Å². The van der Waals surface area contributed by atoms with Crippen LogP contribution in [0.25, 0.3) is 0 Å². The first-order valence-electron chi connectivity index (χ1n) is 5.96. The van der Waals surface area contributed by atoms with Crippen LogP contribution < -0.4 is 16.4 Å². The summed E-state index contributed by atoms with van der Waals surface area (Å²) in [5.41, 5.74) is 5.65. The monoisotopic (exact) mass is 321 g/mol. The third-order valence-corrected chi connectivity index (χ3v) is 5.25. The van der Waals surface area contributed by atoms with Gasteiger partial charge in [-0.2, -0.15) is 0 Å². The molecule has 1 aromatic heterocycles. The summed E-state index contributed by atoms with van der Waals surface area (Å²) in [5.74, 6) is -0.443. The van der Waals surface area contributed by atoms with Crippen LogP contribution in [0.2, 0.25) is 0 Å². The van der Waals surface area contributed by atoms with Crippen molar-refractivity contribution in [1.29, 1.82) is 0 Å². The van der Waals surface area contributed by atoms with Crippen molar-refractivity contribution in [1.82, 2.24) is 14.6 Å². The first-order chi connectivity index (χ1) is 9.27. The maximum atomic E-state index is 11.9. The fraction of sp³-hybridized carbons (Fsp3) is 0.600. The number of aromatic nitrogens is 1. The highest BCUT2D eigenvalue weighted by Crippen LogP contribution is 2.24. The molecule has 0 radical (unpaired) electrons. The fourth-order valence-electron chi connectivity index (χ4n) is 1.28. The zero-order chi connectivity index (χ0) is 15.3. The second-order valence-electron chi connectivity index (χ2n) is 4.12. The Morgan fingerprint density at radius 1 is 1.45 bits per heavy atom. The normalized spacial score (nSPS) is 11.6. The van der Waals surface area contributed by atoms with Gasteiger partial charge in [0.05, 0.1) is 5.75 Å². The number of amides is 1. The van der Waals surface area contributed by atoms with Gasteiger partial charge in [-0.15, -0.1) is 0 Å². The van der Waals surface area contributed by atoms with Gasteiger partial charge in [0.2, 0.25) is 10.0 Å². The number of carbonyl (C=O) groups is 1. The summed E-state index contributed by atoms with van der Waals surface area (Å²) in [6.07, 6.45) is 0. The number of rotatable bonds is 7. The first kappa shape index (κ1) is 16.7. The van der Waals surface area contributed by atoms with Crippen molar-refractivity contribution in [3.8, 4) is 0 Å². The van der Waals surface area contributed by atoms with E-state index in [0.29, 0.717) is 11.7 Å². The number of nitrogen functional groups attached to an aromatic ring is 1. The molecule has 0 aliphatic rings. The standard InChI is InChI=1S/C10H19N5O3S2/c1-4-12-10-14-8(11)7(19-10)9(16)13-5-6-20(17,18)15(2)3/h4-6,11H2,1-3H3,(H,12,14)(H,13,16). The van der Waals surface area contributed by atoms with Crippen LogP contribution in [-0.2, 0) is 10.0 Å². The number of carbonyl (C=O) groups excluding carboxylic acids is 1. The summed E-state index contributed by atoms with van der Waals surface area (Å²) in [6, 6.07) is 0. The van der Waals surface area contributed by atoms with Crippen LogP contribution in [0.15, 0.2) is 0 Å². The highest BCUT2D eigenvalue weighted by atomic mass is 32.2. The molecule has 0 aromatic carbocycles. The number of hydrogen-bond donors (Lipinski definition) is 3. The number of anilines is 2. The smallest absolute Gasteiger partial charge is 0.265 e. The van der Waals surface area contributed by atoms with E-state index in [0.717, 1.165) is 15.6 Å². The maximum absolute atomic E-state index is 11.9. The van der Waals surface area contributed by atoms with Crippen LogP contribution in [0.4, 0.5) is 10.9 Å². The summed E-state index contributed by atoms with van der Waals surface area (Å²) < 4.78 is 24.2. The lowest BCUT2D eigenvalue weighted by molar-refractivity contribution is 0.0961. The molecule has 0 bridgehead atoms. The molecule has 0 aliphatic carbocycles. The van der Waals surface area contributed by atoms with Crippen molar-refractivity contribution in [2.75, 3.05) is 44.0 Å². The number of nitrogens with one attached hydrogen (secondary N) is 2. The molecule has 10 heteroatoms. The first-order valence-corrected chi connectivity index (χ1v) is 8.39. The molecule has 0 spiro atoms. The molecule has 0 saturated carbocycles. The SMILES string of the molecule is CCNc1nc(N)c(C(=O)NCCS(=O)(=O)N(C)C)s1. The quantitative estimate of drug-likeness (QED) is 0.639. The molecular weight excluding hydrogens is 302 g/mol. The minimum absolute atomic E-state index is 0.0211. The van der Waals surface area contributed by atoms with Crippen molar-refractivity contribution >= 4 is 38.2 Å². The van der Waals surface area contributed by atoms with Crippen LogP contribution in [0, 0.1) is 0 Å². The van der Waals surface area contributed by atoms with E-state index in [1.54, 1.807) is 0 Å². The zero-order valence-corrected chi connectivity index (χ0v) is 13.3. The Bertz CT molecular complexity index is 567. The molecule has 8 nitrogen and oxygen atoms in total. The lowest BCUT2D eigenvalue weighted by Crippen LogP contribution is -2.33. The zero-order valence-electron chi connectivity index (χ0n) is 11.6. The van der Waals surface area contributed by atoms with E-state index in [2.05, 4.69) is 15.6 Å². The van der Waals surface area contributed by atoms with Gasteiger partial charge in [0, 0.05) is 27.2 Å². The number of sulfonamides is 1. The lowest BCUT2D eigenvalue weighted by Gasteiger charge is -2.11. The van der Waals surface area contributed by atoms with Gasteiger partial charge in [-0.05, 0) is 6.92 Å². The van der Waals surface area contributed by atoms with Crippen molar-refractivity contribution in [2.24, 2.45) is 0 Å². The van der Waals surface area contributed by atoms with E-state index in [1.165, 1.54) is 14.1 Å². The molecule has 114 valence electrons. The Balaban J connectivity index is 2.60. The molecule has 1 heterocycles. The molecule has 0 aliphatic heterocycles. The van der Waals surface area contributed by atoms with Gasteiger partial charge in [-0.1, -0.05) is 11.3 Å². The number of thiazole rings is 1. The van der Waals surface area contributed by atoms with Gasteiger partial charge in [-0.25, -0.2) is 17.7 Å². The number of nitrogens with zero attached hydrogens (tertiary/aromatic N) is 2. The second-order valence-corrected chi connectivity index (χ2v) is 7.42. The molecule has 4 N–H and O–H groups in total. The predicted octanol–water partition coefficient (Wildman–Crippen LogP) is -0.222. The summed E-state index contributed by atoms with van der Waals surface area (Å²) in [7, 11) is -0.436. The van der Waals surface area contributed by atoms with Gasteiger partial charge in [0.25, 0.3) is 5.91 Å². The van der Waals surface area contributed by atoms with Gasteiger partial charge >= 0.3 is 0 Å². The number of nitrogens with two attached hydrogens (primary N) is 1. The van der Waals surface area contributed by atoms with Gasteiger partial charge < -0.3 is 16.4 Å². The molecule has 0 fully saturated rings. The Hall–Kier alpha value is -1.39. The van der Waals surface area contributed by atoms with Crippen LogP contribution in [0.5, 0.6) is 0 Å². The number of hydrogen-bond acceptors (Lipinski definition) is 7. The molecule has 0 saturated heterocycles. The van der Waals surface area contributed by atoms with E-state index in [9.17, 15) is 13.2 Å². The van der Waals surface area contributed by atoms with Crippen molar-refractivity contribution < 1.29 is 13.2 Å². The molecule has 1 aromatic rings. The average molecular weight is 321 g/mol. The minimum atomic E-state index is -3.33.